The summed E-state index contributed by atoms with van der Waals surface area (Å²) in [5, 5.41) is 0. The topological polar surface area (TPSA) is 38.1 Å². The highest BCUT2D eigenvalue weighted by atomic mass is 19.1. The van der Waals surface area contributed by atoms with E-state index in [4.69, 9.17) is 4.98 Å². The third kappa shape index (κ3) is 3.72. The molecule has 0 saturated carbocycles. The Morgan fingerprint density at radius 1 is 1.00 bits per heavy atom. The summed E-state index contributed by atoms with van der Waals surface area (Å²) >= 11 is 0. The number of imidazole rings is 1. The number of anilines is 1. The number of aryl methyl sites for hydroxylation is 2. The standard InChI is InChI=1S/C26H24FN3O/c1-17-11-18(2)13-22(12-17)29-16-20(14-25(29)31)26-28-23-5-3-4-6-24(23)30(26)15-19-7-9-21(27)10-8-19/h3-13,20H,14-16H2,1-2H3/t20-/m0/s1. The van der Waals surface area contributed by atoms with E-state index in [-0.39, 0.29) is 17.6 Å². The summed E-state index contributed by atoms with van der Waals surface area (Å²) in [7, 11) is 0. The molecular formula is C26H24FN3O. The second-order valence-corrected chi connectivity index (χ2v) is 8.42. The van der Waals surface area contributed by atoms with Crippen molar-refractivity contribution in [2.45, 2.75) is 32.7 Å². The van der Waals surface area contributed by atoms with Crippen molar-refractivity contribution in [2.24, 2.45) is 0 Å². The summed E-state index contributed by atoms with van der Waals surface area (Å²) in [5.41, 5.74) is 6.19. The third-order valence-electron chi connectivity index (χ3n) is 5.95. The van der Waals surface area contributed by atoms with E-state index in [0.717, 1.165) is 39.2 Å². The molecule has 4 nitrogen and oxygen atoms in total. The Bertz CT molecular complexity index is 1260. The molecule has 1 aliphatic heterocycles. The van der Waals surface area contributed by atoms with Crippen molar-refractivity contribution in [1.82, 2.24) is 9.55 Å². The molecule has 0 N–H and O–H groups in total. The van der Waals surface area contributed by atoms with Crippen LogP contribution >= 0.6 is 0 Å². The molecule has 0 bridgehead atoms. The fourth-order valence-electron chi connectivity index (χ4n) is 4.58. The Kier molecular flexibility index (Phi) is 4.81. The molecule has 1 saturated heterocycles. The summed E-state index contributed by atoms with van der Waals surface area (Å²) in [5.74, 6) is 0.784. The molecular weight excluding hydrogens is 389 g/mol. The van der Waals surface area contributed by atoms with Crippen molar-refractivity contribution in [3.8, 4) is 0 Å². The van der Waals surface area contributed by atoms with Crippen LogP contribution in [-0.2, 0) is 11.3 Å². The number of rotatable bonds is 4. The van der Waals surface area contributed by atoms with Gasteiger partial charge in [-0.2, -0.15) is 0 Å². The van der Waals surface area contributed by atoms with Gasteiger partial charge in [0.2, 0.25) is 5.91 Å². The van der Waals surface area contributed by atoms with Crippen molar-refractivity contribution in [3.05, 3.63) is 95.1 Å². The quantitative estimate of drug-likeness (QED) is 0.452. The first-order valence-electron chi connectivity index (χ1n) is 10.6. The summed E-state index contributed by atoms with van der Waals surface area (Å²) in [4.78, 5) is 19.7. The predicted octanol–water partition coefficient (Wildman–Crippen LogP) is 5.36. The number of carbonyl (C=O) groups excluding carboxylic acids is 1. The Morgan fingerprint density at radius 2 is 1.71 bits per heavy atom. The lowest BCUT2D eigenvalue weighted by Crippen LogP contribution is -2.24. The Hall–Kier alpha value is -3.47. The smallest absolute Gasteiger partial charge is 0.227 e. The molecule has 0 spiro atoms. The van der Waals surface area contributed by atoms with Crippen LogP contribution in [0, 0.1) is 19.7 Å². The molecule has 5 heteroatoms. The number of benzene rings is 3. The van der Waals surface area contributed by atoms with Crippen molar-refractivity contribution in [1.29, 1.82) is 0 Å². The van der Waals surface area contributed by atoms with Crippen LogP contribution in [0.15, 0.2) is 66.7 Å². The minimum Gasteiger partial charge on any atom is -0.323 e. The van der Waals surface area contributed by atoms with E-state index in [1.807, 2.05) is 29.2 Å². The van der Waals surface area contributed by atoms with Crippen LogP contribution < -0.4 is 4.90 Å². The van der Waals surface area contributed by atoms with Gasteiger partial charge in [-0.1, -0.05) is 30.3 Å². The van der Waals surface area contributed by atoms with Gasteiger partial charge in [0.1, 0.15) is 11.6 Å². The number of fused-ring (bicyclic) bond motifs is 1. The maximum atomic E-state index is 13.4. The first kappa shape index (κ1) is 19.5. The zero-order valence-corrected chi connectivity index (χ0v) is 17.7. The van der Waals surface area contributed by atoms with Crippen LogP contribution in [0.2, 0.25) is 0 Å². The highest BCUT2D eigenvalue weighted by molar-refractivity contribution is 5.96. The molecule has 3 aromatic carbocycles. The van der Waals surface area contributed by atoms with Gasteiger partial charge in [0.25, 0.3) is 0 Å². The van der Waals surface area contributed by atoms with Crippen LogP contribution in [0.1, 0.15) is 34.9 Å². The average molecular weight is 413 g/mol. The minimum absolute atomic E-state index is 0.00108. The summed E-state index contributed by atoms with van der Waals surface area (Å²) < 4.78 is 15.6. The maximum Gasteiger partial charge on any atom is 0.227 e. The zero-order chi connectivity index (χ0) is 21.5. The first-order chi connectivity index (χ1) is 15.0. The molecule has 31 heavy (non-hydrogen) atoms. The molecule has 0 unspecified atom stereocenters. The molecule has 5 rings (SSSR count). The van der Waals surface area contributed by atoms with Gasteiger partial charge >= 0.3 is 0 Å². The lowest BCUT2D eigenvalue weighted by Gasteiger charge is -2.19. The summed E-state index contributed by atoms with van der Waals surface area (Å²) in [6.07, 6.45) is 0.430. The van der Waals surface area contributed by atoms with Crippen LogP contribution in [0.25, 0.3) is 11.0 Å². The van der Waals surface area contributed by atoms with Gasteiger partial charge in [-0.15, -0.1) is 0 Å². The molecule has 4 aromatic rings. The van der Waals surface area contributed by atoms with Gasteiger partial charge < -0.3 is 9.47 Å². The molecule has 1 amide bonds. The number of hydrogen-bond donors (Lipinski definition) is 0. The van der Waals surface area contributed by atoms with E-state index < -0.39 is 0 Å². The fraction of sp³-hybridized carbons (Fsp3) is 0.231. The highest BCUT2D eigenvalue weighted by Crippen LogP contribution is 2.34. The van der Waals surface area contributed by atoms with E-state index in [0.29, 0.717) is 19.5 Å². The molecule has 156 valence electrons. The van der Waals surface area contributed by atoms with Gasteiger partial charge in [-0.25, -0.2) is 9.37 Å². The normalized spacial score (nSPS) is 16.4. The summed E-state index contributed by atoms with van der Waals surface area (Å²) in [6, 6.07) is 20.8. The fourth-order valence-corrected chi connectivity index (χ4v) is 4.58. The van der Waals surface area contributed by atoms with Gasteiger partial charge in [0.15, 0.2) is 0 Å². The molecule has 1 fully saturated rings. The number of aromatic nitrogens is 2. The lowest BCUT2D eigenvalue weighted by atomic mass is 10.1. The zero-order valence-electron chi connectivity index (χ0n) is 17.7. The number of hydrogen-bond acceptors (Lipinski definition) is 2. The van der Waals surface area contributed by atoms with Crippen LogP contribution in [0.5, 0.6) is 0 Å². The van der Waals surface area contributed by atoms with Crippen molar-refractivity contribution in [2.75, 3.05) is 11.4 Å². The lowest BCUT2D eigenvalue weighted by molar-refractivity contribution is -0.117. The SMILES string of the molecule is Cc1cc(C)cc(N2C[C@@H](c3nc4ccccc4n3Cc3ccc(F)cc3)CC2=O)c1. The number of amides is 1. The molecule has 0 aliphatic carbocycles. The van der Waals surface area contributed by atoms with E-state index in [1.54, 1.807) is 12.1 Å². The summed E-state index contributed by atoms with van der Waals surface area (Å²) in [6.45, 7) is 5.30. The van der Waals surface area contributed by atoms with Crippen LogP contribution in [-0.4, -0.2) is 22.0 Å². The van der Waals surface area contributed by atoms with E-state index >= 15 is 0 Å². The second kappa shape index (κ2) is 7.65. The molecule has 2 heterocycles. The predicted molar refractivity (Wildman–Crippen MR) is 121 cm³/mol. The van der Waals surface area contributed by atoms with Gasteiger partial charge in [-0.3, -0.25) is 4.79 Å². The Labute approximate surface area is 181 Å². The second-order valence-electron chi connectivity index (χ2n) is 8.42. The molecule has 1 atom stereocenters. The number of para-hydroxylation sites is 2. The first-order valence-corrected chi connectivity index (χ1v) is 10.6. The van der Waals surface area contributed by atoms with Gasteiger partial charge in [0.05, 0.1) is 11.0 Å². The minimum atomic E-state index is -0.245. The number of halogens is 1. The Balaban J connectivity index is 1.52. The largest absolute Gasteiger partial charge is 0.323 e. The average Bonchev–Trinajstić information content (AvgIpc) is 3.30. The van der Waals surface area contributed by atoms with E-state index in [2.05, 4.69) is 36.6 Å². The Morgan fingerprint density at radius 3 is 2.45 bits per heavy atom. The molecule has 0 radical (unpaired) electrons. The van der Waals surface area contributed by atoms with Crippen LogP contribution in [0.4, 0.5) is 10.1 Å². The van der Waals surface area contributed by atoms with E-state index in [1.165, 1.54) is 12.1 Å². The molecule has 1 aromatic heterocycles. The van der Waals surface area contributed by atoms with Crippen molar-refractivity contribution < 1.29 is 9.18 Å². The third-order valence-corrected chi connectivity index (χ3v) is 5.95. The van der Waals surface area contributed by atoms with Gasteiger partial charge in [0, 0.05) is 31.1 Å². The number of nitrogens with zero attached hydrogens (tertiary/aromatic N) is 3. The van der Waals surface area contributed by atoms with Crippen molar-refractivity contribution in [3.63, 3.8) is 0 Å². The molecule has 1 aliphatic rings. The monoisotopic (exact) mass is 413 g/mol. The van der Waals surface area contributed by atoms with E-state index in [9.17, 15) is 9.18 Å². The van der Waals surface area contributed by atoms with Gasteiger partial charge in [-0.05, 0) is 66.9 Å². The highest BCUT2D eigenvalue weighted by Gasteiger charge is 2.35. The van der Waals surface area contributed by atoms with Crippen LogP contribution in [0.3, 0.4) is 0 Å². The maximum absolute atomic E-state index is 13.4. The number of carbonyl (C=O) groups is 1. The van der Waals surface area contributed by atoms with Crippen molar-refractivity contribution >= 4 is 22.6 Å².